The fourth-order valence-corrected chi connectivity index (χ4v) is 3.10. The molecule has 4 nitrogen and oxygen atoms in total. The molecule has 0 aliphatic rings. The van der Waals surface area contributed by atoms with E-state index >= 15 is 0 Å². The molecule has 0 spiro atoms. The summed E-state index contributed by atoms with van der Waals surface area (Å²) in [4.78, 5) is 4.28. The lowest BCUT2D eigenvalue weighted by Crippen LogP contribution is -2.02. The van der Waals surface area contributed by atoms with Gasteiger partial charge >= 0.3 is 0 Å². The molecule has 3 rings (SSSR count). The maximum atomic E-state index is 14.4. The molecule has 130 valence electrons. The molecule has 1 heterocycles. The van der Waals surface area contributed by atoms with Crippen LogP contribution < -0.4 is 10.2 Å². The van der Waals surface area contributed by atoms with Crippen LogP contribution in [0.2, 0.25) is 0 Å². The molecule has 2 aromatic carbocycles. The number of aromatic nitrogens is 1. The Kier molecular flexibility index (Phi) is 5.60. The summed E-state index contributed by atoms with van der Waals surface area (Å²) in [5, 5.41) is 8.13. The largest absolute Gasteiger partial charge is 0.492 e. The van der Waals surface area contributed by atoms with Crippen molar-refractivity contribution in [3.63, 3.8) is 0 Å². The van der Waals surface area contributed by atoms with E-state index in [4.69, 9.17) is 4.74 Å². The minimum Gasteiger partial charge on any atom is -0.492 e. The molecule has 1 N–H and O–H groups in total. The number of hydrogen-bond acceptors (Lipinski definition) is 5. The van der Waals surface area contributed by atoms with Crippen molar-refractivity contribution in [1.82, 2.24) is 4.98 Å². The maximum absolute atomic E-state index is 14.4. The third kappa shape index (κ3) is 4.14. The lowest BCUT2D eigenvalue weighted by molar-refractivity contribution is 0.312. The van der Waals surface area contributed by atoms with Crippen LogP contribution in [-0.4, -0.2) is 17.8 Å². The van der Waals surface area contributed by atoms with Gasteiger partial charge in [0.25, 0.3) is 0 Å². The minimum absolute atomic E-state index is 0.287. The first-order chi connectivity index (χ1) is 12.2. The van der Waals surface area contributed by atoms with Gasteiger partial charge in [0.2, 0.25) is 5.13 Å². The van der Waals surface area contributed by atoms with Crippen molar-refractivity contribution in [3.8, 4) is 5.75 Å². The third-order valence-corrected chi connectivity index (χ3v) is 4.57. The van der Waals surface area contributed by atoms with Gasteiger partial charge in [-0.1, -0.05) is 37.6 Å². The maximum Gasteiger partial charge on any atom is 0.203 e. The molecule has 0 unspecified atom stereocenters. The standard InChI is InChI=1S/C19H20FN3OS/c1-3-4-9-24-18-14(11-21-23-19-22-13(2)12-25-19)10-17(20)15-7-5-6-8-16(15)18/h5-8,10-12H,3-4,9H2,1-2H3,(H,22,23). The Labute approximate surface area is 150 Å². The molecule has 0 atom stereocenters. The van der Waals surface area contributed by atoms with Gasteiger partial charge in [-0.3, -0.25) is 5.43 Å². The Balaban J connectivity index is 1.92. The molecule has 0 amide bonds. The van der Waals surface area contributed by atoms with Crippen LogP contribution in [0, 0.1) is 12.7 Å². The summed E-state index contributed by atoms with van der Waals surface area (Å²) in [6.45, 7) is 4.62. The molecule has 0 aliphatic carbocycles. The second-order valence-electron chi connectivity index (χ2n) is 5.69. The van der Waals surface area contributed by atoms with Gasteiger partial charge in [-0.25, -0.2) is 9.37 Å². The molecule has 0 aliphatic heterocycles. The van der Waals surface area contributed by atoms with E-state index in [0.717, 1.165) is 23.9 Å². The number of benzene rings is 2. The summed E-state index contributed by atoms with van der Waals surface area (Å²) in [6, 6.07) is 8.79. The molecule has 0 saturated carbocycles. The molecule has 0 saturated heterocycles. The number of aryl methyl sites for hydroxylation is 1. The van der Waals surface area contributed by atoms with E-state index in [2.05, 4.69) is 22.4 Å². The van der Waals surface area contributed by atoms with E-state index in [9.17, 15) is 4.39 Å². The molecule has 25 heavy (non-hydrogen) atoms. The first-order valence-electron chi connectivity index (χ1n) is 8.24. The Morgan fingerprint density at radius 2 is 2.12 bits per heavy atom. The number of thiazole rings is 1. The normalized spacial score (nSPS) is 11.3. The quantitative estimate of drug-likeness (QED) is 0.351. The smallest absolute Gasteiger partial charge is 0.203 e. The van der Waals surface area contributed by atoms with Gasteiger partial charge in [0, 0.05) is 21.7 Å². The Bertz CT molecular complexity index is 892. The van der Waals surface area contributed by atoms with Crippen LogP contribution in [0.5, 0.6) is 5.75 Å². The highest BCUT2D eigenvalue weighted by atomic mass is 32.1. The minimum atomic E-state index is -0.287. The monoisotopic (exact) mass is 357 g/mol. The number of nitrogens with one attached hydrogen (secondary N) is 1. The SMILES string of the molecule is CCCCOc1c(C=NNc2nc(C)cs2)cc(F)c2ccccc12. The van der Waals surface area contributed by atoms with Crippen molar-refractivity contribution in [2.24, 2.45) is 5.10 Å². The van der Waals surface area contributed by atoms with Gasteiger partial charge in [-0.15, -0.1) is 11.3 Å². The van der Waals surface area contributed by atoms with Crippen molar-refractivity contribution >= 4 is 33.5 Å². The summed E-state index contributed by atoms with van der Waals surface area (Å²) in [7, 11) is 0. The molecule has 3 aromatic rings. The Morgan fingerprint density at radius 1 is 1.32 bits per heavy atom. The van der Waals surface area contributed by atoms with Crippen molar-refractivity contribution in [2.75, 3.05) is 12.0 Å². The Morgan fingerprint density at radius 3 is 2.84 bits per heavy atom. The van der Waals surface area contributed by atoms with Crippen LogP contribution in [0.1, 0.15) is 31.0 Å². The topological polar surface area (TPSA) is 46.5 Å². The zero-order chi connectivity index (χ0) is 17.6. The number of anilines is 1. The van der Waals surface area contributed by atoms with E-state index in [1.165, 1.54) is 17.4 Å². The van der Waals surface area contributed by atoms with Crippen molar-refractivity contribution in [2.45, 2.75) is 26.7 Å². The number of fused-ring (bicyclic) bond motifs is 1. The summed E-state index contributed by atoms with van der Waals surface area (Å²) in [5.74, 6) is 0.372. The van der Waals surface area contributed by atoms with Gasteiger partial charge in [0.1, 0.15) is 11.6 Å². The second kappa shape index (κ2) is 8.07. The molecule has 0 bridgehead atoms. The van der Waals surface area contributed by atoms with Crippen LogP contribution in [-0.2, 0) is 0 Å². The van der Waals surface area contributed by atoms with E-state index in [-0.39, 0.29) is 5.82 Å². The summed E-state index contributed by atoms with van der Waals surface area (Å²) in [5.41, 5.74) is 4.41. The number of halogens is 1. The fourth-order valence-electron chi connectivity index (χ4n) is 2.46. The highest BCUT2D eigenvalue weighted by Gasteiger charge is 2.12. The molecule has 1 aromatic heterocycles. The zero-order valence-corrected chi connectivity index (χ0v) is 15.1. The fraction of sp³-hybridized carbons (Fsp3) is 0.263. The van der Waals surface area contributed by atoms with Gasteiger partial charge < -0.3 is 4.74 Å². The van der Waals surface area contributed by atoms with E-state index in [1.54, 1.807) is 12.3 Å². The highest BCUT2D eigenvalue weighted by Crippen LogP contribution is 2.31. The summed E-state index contributed by atoms with van der Waals surface area (Å²) >= 11 is 1.47. The van der Waals surface area contributed by atoms with E-state index in [0.29, 0.717) is 28.4 Å². The number of unbranched alkanes of at least 4 members (excludes halogenated alkanes) is 1. The highest BCUT2D eigenvalue weighted by molar-refractivity contribution is 7.13. The van der Waals surface area contributed by atoms with Crippen molar-refractivity contribution in [1.29, 1.82) is 0 Å². The predicted octanol–water partition coefficient (Wildman–Crippen LogP) is 5.37. The first-order valence-corrected chi connectivity index (χ1v) is 9.12. The molecule has 0 fully saturated rings. The third-order valence-electron chi connectivity index (χ3n) is 3.70. The van der Waals surface area contributed by atoms with Gasteiger partial charge in [0.05, 0.1) is 18.5 Å². The van der Waals surface area contributed by atoms with E-state index in [1.807, 2.05) is 30.5 Å². The van der Waals surface area contributed by atoms with Crippen molar-refractivity contribution < 1.29 is 9.13 Å². The average molecular weight is 357 g/mol. The Hall–Kier alpha value is -2.47. The van der Waals surface area contributed by atoms with Gasteiger partial charge in [0.15, 0.2) is 0 Å². The van der Waals surface area contributed by atoms with Gasteiger partial charge in [-0.05, 0) is 19.4 Å². The lowest BCUT2D eigenvalue weighted by atomic mass is 10.0. The number of rotatable bonds is 7. The van der Waals surface area contributed by atoms with E-state index < -0.39 is 0 Å². The first kappa shape index (κ1) is 17.4. The number of hydrazone groups is 1. The molecule has 0 radical (unpaired) electrons. The van der Waals surface area contributed by atoms with Crippen molar-refractivity contribution in [3.05, 3.63) is 52.8 Å². The zero-order valence-electron chi connectivity index (χ0n) is 14.3. The van der Waals surface area contributed by atoms with Crippen LogP contribution in [0.15, 0.2) is 40.8 Å². The van der Waals surface area contributed by atoms with Crippen LogP contribution >= 0.6 is 11.3 Å². The van der Waals surface area contributed by atoms with Crippen LogP contribution in [0.4, 0.5) is 9.52 Å². The van der Waals surface area contributed by atoms with Crippen LogP contribution in [0.25, 0.3) is 10.8 Å². The summed E-state index contributed by atoms with van der Waals surface area (Å²) < 4.78 is 20.4. The van der Waals surface area contributed by atoms with Gasteiger partial charge in [-0.2, -0.15) is 5.10 Å². The number of nitrogens with zero attached hydrogens (tertiary/aromatic N) is 2. The lowest BCUT2D eigenvalue weighted by Gasteiger charge is -2.13. The summed E-state index contributed by atoms with van der Waals surface area (Å²) in [6.07, 6.45) is 3.56. The van der Waals surface area contributed by atoms with Crippen LogP contribution in [0.3, 0.4) is 0 Å². The average Bonchev–Trinajstić information content (AvgIpc) is 3.03. The predicted molar refractivity (Wildman–Crippen MR) is 102 cm³/mol. The number of ether oxygens (including phenoxy) is 1. The second-order valence-corrected chi connectivity index (χ2v) is 6.55. The molecule has 6 heteroatoms. The number of hydrogen-bond donors (Lipinski definition) is 1. The molecular formula is C19H20FN3OS. The molecular weight excluding hydrogens is 337 g/mol.